The van der Waals surface area contributed by atoms with Crippen LogP contribution < -0.4 is 5.32 Å². The zero-order valence-electron chi connectivity index (χ0n) is 14.2. The molecule has 6 heteroatoms. The fraction of sp³-hybridized carbons (Fsp3) is 0.350. The largest absolute Gasteiger partial charge is 0.385 e. The highest BCUT2D eigenvalue weighted by molar-refractivity contribution is 5.89. The number of halogens is 2. The third-order valence-electron chi connectivity index (χ3n) is 5.55. The molecule has 2 fully saturated rings. The number of hydrogen-bond acceptors (Lipinski definition) is 2. The number of amides is 2. The summed E-state index contributed by atoms with van der Waals surface area (Å²) in [5.74, 6) is -1.05. The van der Waals surface area contributed by atoms with Gasteiger partial charge in [0.15, 0.2) is 0 Å². The molecule has 1 aliphatic carbocycles. The predicted molar refractivity (Wildman–Crippen MR) is 93.5 cm³/mol. The highest BCUT2D eigenvalue weighted by Crippen LogP contribution is 2.48. The van der Waals surface area contributed by atoms with Crippen molar-refractivity contribution in [2.24, 2.45) is 11.8 Å². The summed E-state index contributed by atoms with van der Waals surface area (Å²) in [6.07, 6.45) is 1.22. The molecule has 1 saturated carbocycles. The van der Waals surface area contributed by atoms with Gasteiger partial charge in [0.25, 0.3) is 0 Å². The van der Waals surface area contributed by atoms with Crippen molar-refractivity contribution in [2.75, 3.05) is 18.4 Å². The summed E-state index contributed by atoms with van der Waals surface area (Å²) in [7, 11) is 0. The second kappa shape index (κ2) is 6.36. The molecule has 1 heterocycles. The highest BCUT2D eigenvalue weighted by atomic mass is 19.1. The first-order chi connectivity index (χ1) is 12.4. The molecule has 0 bridgehead atoms. The van der Waals surface area contributed by atoms with Crippen LogP contribution in [0.2, 0.25) is 0 Å². The number of nitrogens with one attached hydrogen (secondary N) is 1. The van der Waals surface area contributed by atoms with Gasteiger partial charge in [0.1, 0.15) is 11.6 Å². The minimum absolute atomic E-state index is 0.0331. The smallest absolute Gasteiger partial charge is 0.321 e. The fourth-order valence-electron chi connectivity index (χ4n) is 4.29. The quantitative estimate of drug-likeness (QED) is 0.860. The average Bonchev–Trinajstić information content (AvgIpc) is 3.14. The van der Waals surface area contributed by atoms with Crippen molar-refractivity contribution in [1.29, 1.82) is 0 Å². The topological polar surface area (TPSA) is 52.6 Å². The Hall–Kier alpha value is -2.47. The Bertz CT molecular complexity index is 814. The monoisotopic (exact) mass is 358 g/mol. The van der Waals surface area contributed by atoms with E-state index in [4.69, 9.17) is 0 Å². The van der Waals surface area contributed by atoms with Crippen LogP contribution in [-0.2, 0) is 5.60 Å². The van der Waals surface area contributed by atoms with E-state index in [9.17, 15) is 18.7 Å². The van der Waals surface area contributed by atoms with Crippen molar-refractivity contribution in [3.8, 4) is 0 Å². The van der Waals surface area contributed by atoms with E-state index in [1.165, 1.54) is 6.07 Å². The summed E-state index contributed by atoms with van der Waals surface area (Å²) in [5, 5.41) is 13.5. The summed E-state index contributed by atoms with van der Waals surface area (Å²) in [6.45, 7) is 1.04. The number of carbonyl (C=O) groups is 1. The van der Waals surface area contributed by atoms with Crippen LogP contribution in [0.25, 0.3) is 0 Å². The van der Waals surface area contributed by atoms with Crippen LogP contribution in [0.1, 0.15) is 18.4 Å². The molecule has 2 aromatic rings. The fourth-order valence-corrected chi connectivity index (χ4v) is 4.29. The first-order valence-electron chi connectivity index (χ1n) is 8.73. The van der Waals surface area contributed by atoms with Gasteiger partial charge >= 0.3 is 6.03 Å². The molecule has 0 spiro atoms. The molecule has 1 aliphatic heterocycles. The lowest BCUT2D eigenvalue weighted by molar-refractivity contribution is 0.0328. The molecule has 136 valence electrons. The molecule has 2 aliphatic rings. The first kappa shape index (κ1) is 17.0. The zero-order valence-corrected chi connectivity index (χ0v) is 14.2. The number of benzene rings is 2. The maximum Gasteiger partial charge on any atom is 0.321 e. The van der Waals surface area contributed by atoms with E-state index in [2.05, 4.69) is 5.32 Å². The first-order valence-corrected chi connectivity index (χ1v) is 8.73. The van der Waals surface area contributed by atoms with Gasteiger partial charge in [0, 0.05) is 19.2 Å². The summed E-state index contributed by atoms with van der Waals surface area (Å²) < 4.78 is 26.7. The minimum Gasteiger partial charge on any atom is -0.385 e. The van der Waals surface area contributed by atoms with Gasteiger partial charge in [-0.25, -0.2) is 13.6 Å². The Labute approximate surface area is 150 Å². The molecule has 0 radical (unpaired) electrons. The van der Waals surface area contributed by atoms with E-state index in [1.807, 2.05) is 30.3 Å². The lowest BCUT2D eigenvalue weighted by Gasteiger charge is -2.26. The summed E-state index contributed by atoms with van der Waals surface area (Å²) >= 11 is 0. The zero-order chi connectivity index (χ0) is 18.3. The van der Waals surface area contributed by atoms with Gasteiger partial charge in [-0.2, -0.15) is 0 Å². The summed E-state index contributed by atoms with van der Waals surface area (Å²) in [4.78, 5) is 14.0. The number of urea groups is 1. The SMILES string of the molecule is O=C(Nc1ccc(F)cc1F)N1CC2CC(O)(c3ccccc3)CC2C1. The molecule has 4 nitrogen and oxygen atoms in total. The number of fused-ring (bicyclic) bond motifs is 1. The molecule has 2 amide bonds. The minimum atomic E-state index is -0.845. The standard InChI is InChI=1S/C20H20F2N2O2/c21-16-6-7-18(17(22)8-16)23-19(25)24-11-13-9-20(26,10-14(13)12-24)15-4-2-1-3-5-15/h1-8,13-14,26H,9-12H2,(H,23,25). The van der Waals surface area contributed by atoms with Gasteiger partial charge in [-0.3, -0.25) is 0 Å². The Morgan fingerprint density at radius 2 is 1.73 bits per heavy atom. The van der Waals surface area contributed by atoms with Crippen LogP contribution in [0.15, 0.2) is 48.5 Å². The van der Waals surface area contributed by atoms with Crippen molar-refractivity contribution < 1.29 is 18.7 Å². The Morgan fingerprint density at radius 3 is 2.35 bits per heavy atom. The number of likely N-dealkylation sites (tertiary alicyclic amines) is 1. The normalized spacial score (nSPS) is 27.4. The van der Waals surface area contributed by atoms with Gasteiger partial charge in [0.05, 0.1) is 11.3 Å². The van der Waals surface area contributed by atoms with Crippen LogP contribution >= 0.6 is 0 Å². The van der Waals surface area contributed by atoms with E-state index in [0.29, 0.717) is 25.9 Å². The maximum absolute atomic E-state index is 13.7. The van der Waals surface area contributed by atoms with Gasteiger partial charge in [-0.1, -0.05) is 30.3 Å². The van der Waals surface area contributed by atoms with Crippen LogP contribution in [0.5, 0.6) is 0 Å². The number of carbonyl (C=O) groups excluding carboxylic acids is 1. The van der Waals surface area contributed by atoms with Crippen molar-refractivity contribution >= 4 is 11.7 Å². The van der Waals surface area contributed by atoms with Gasteiger partial charge in [-0.05, 0) is 42.4 Å². The molecule has 0 aromatic heterocycles. The molecule has 2 N–H and O–H groups in total. The lowest BCUT2D eigenvalue weighted by Crippen LogP contribution is -2.35. The van der Waals surface area contributed by atoms with Gasteiger partial charge in [0.2, 0.25) is 0 Å². The molecule has 2 atom stereocenters. The van der Waals surface area contributed by atoms with Gasteiger partial charge in [-0.15, -0.1) is 0 Å². The predicted octanol–water partition coefficient (Wildman–Crippen LogP) is 3.73. The molecular weight excluding hydrogens is 338 g/mol. The van der Waals surface area contributed by atoms with Crippen molar-refractivity contribution in [1.82, 2.24) is 4.90 Å². The molecule has 2 unspecified atom stereocenters. The van der Waals surface area contributed by atoms with Crippen molar-refractivity contribution in [3.63, 3.8) is 0 Å². The van der Waals surface area contributed by atoms with Crippen LogP contribution in [0.3, 0.4) is 0 Å². The third kappa shape index (κ3) is 3.05. The molecule has 26 heavy (non-hydrogen) atoms. The second-order valence-electron chi connectivity index (χ2n) is 7.29. The van der Waals surface area contributed by atoms with E-state index in [-0.39, 0.29) is 17.5 Å². The highest BCUT2D eigenvalue weighted by Gasteiger charge is 2.49. The van der Waals surface area contributed by atoms with E-state index in [1.54, 1.807) is 4.90 Å². The molecular formula is C20H20F2N2O2. The lowest BCUT2D eigenvalue weighted by atomic mass is 9.90. The van der Waals surface area contributed by atoms with Crippen molar-refractivity contribution in [3.05, 3.63) is 65.7 Å². The van der Waals surface area contributed by atoms with Gasteiger partial charge < -0.3 is 15.3 Å². The van der Waals surface area contributed by atoms with Crippen LogP contribution in [0.4, 0.5) is 19.3 Å². The number of nitrogens with zero attached hydrogens (tertiary/aromatic N) is 1. The second-order valence-corrected chi connectivity index (χ2v) is 7.29. The van der Waals surface area contributed by atoms with E-state index >= 15 is 0 Å². The van der Waals surface area contributed by atoms with E-state index < -0.39 is 23.3 Å². The Balaban J connectivity index is 1.41. The molecule has 4 rings (SSSR count). The van der Waals surface area contributed by atoms with E-state index in [0.717, 1.165) is 17.7 Å². The number of rotatable bonds is 2. The van der Waals surface area contributed by atoms with Crippen LogP contribution in [0, 0.1) is 23.5 Å². The Kier molecular flexibility index (Phi) is 4.15. The molecule has 2 aromatic carbocycles. The number of hydrogen-bond donors (Lipinski definition) is 2. The summed E-state index contributed by atoms with van der Waals surface area (Å²) in [5.41, 5.74) is 0.0374. The number of anilines is 1. The average molecular weight is 358 g/mol. The maximum atomic E-state index is 13.7. The third-order valence-corrected chi connectivity index (χ3v) is 5.55. The number of aliphatic hydroxyl groups is 1. The van der Waals surface area contributed by atoms with Crippen LogP contribution in [-0.4, -0.2) is 29.1 Å². The van der Waals surface area contributed by atoms with Crippen molar-refractivity contribution in [2.45, 2.75) is 18.4 Å². The molecule has 1 saturated heterocycles. The Morgan fingerprint density at radius 1 is 1.08 bits per heavy atom. The summed E-state index contributed by atoms with van der Waals surface area (Å²) in [6, 6.07) is 12.3.